The van der Waals surface area contributed by atoms with Gasteiger partial charge < -0.3 is 0 Å². The molecule has 5 heteroatoms. The number of rotatable bonds is 4. The fourth-order valence-corrected chi connectivity index (χ4v) is 4.39. The smallest absolute Gasteiger partial charge is 0.251 e. The van der Waals surface area contributed by atoms with Crippen molar-refractivity contribution in [3.63, 3.8) is 0 Å². The molecule has 4 rings (SSSR count). The van der Waals surface area contributed by atoms with Crippen LogP contribution in [0.4, 0.5) is 5.69 Å². The van der Waals surface area contributed by atoms with Gasteiger partial charge in [-0.05, 0) is 62.0 Å². The molecule has 1 atom stereocenters. The maximum absolute atomic E-state index is 12.9. The second kappa shape index (κ2) is 7.83. The van der Waals surface area contributed by atoms with Gasteiger partial charge in [0, 0.05) is 5.02 Å². The molecule has 2 fully saturated rings. The Morgan fingerprint density at radius 2 is 1.70 bits per heavy atom. The number of hydrogen-bond donors (Lipinski definition) is 0. The lowest BCUT2D eigenvalue weighted by Crippen LogP contribution is -2.46. The van der Waals surface area contributed by atoms with Crippen molar-refractivity contribution in [2.24, 2.45) is 5.92 Å². The average Bonchev–Trinajstić information content (AvgIpc) is 2.97. The summed E-state index contributed by atoms with van der Waals surface area (Å²) in [7, 11) is 0. The van der Waals surface area contributed by atoms with Crippen molar-refractivity contribution in [3.05, 3.63) is 65.2 Å². The summed E-state index contributed by atoms with van der Waals surface area (Å²) in [5.41, 5.74) is 1.94. The van der Waals surface area contributed by atoms with Gasteiger partial charge in [0.25, 0.3) is 5.91 Å². The molecule has 2 aliphatic heterocycles. The van der Waals surface area contributed by atoms with Gasteiger partial charge in [-0.25, -0.2) is 4.90 Å². The number of imide groups is 1. The number of likely N-dealkylation sites (tertiary alicyclic amines) is 1. The van der Waals surface area contributed by atoms with Crippen LogP contribution in [0.1, 0.15) is 24.8 Å². The summed E-state index contributed by atoms with van der Waals surface area (Å²) in [6.07, 6.45) is 3.46. The van der Waals surface area contributed by atoms with Gasteiger partial charge in [0.2, 0.25) is 5.91 Å². The summed E-state index contributed by atoms with van der Waals surface area (Å²) in [6, 6.07) is 17.2. The van der Waals surface area contributed by atoms with Crippen LogP contribution in [0.5, 0.6) is 0 Å². The number of benzene rings is 2. The van der Waals surface area contributed by atoms with Gasteiger partial charge in [0.05, 0.1) is 18.2 Å². The number of amides is 2. The first kappa shape index (κ1) is 18.2. The molecule has 2 aromatic rings. The van der Waals surface area contributed by atoms with Gasteiger partial charge in [0.15, 0.2) is 0 Å². The van der Waals surface area contributed by atoms with Crippen LogP contribution in [0, 0.1) is 5.92 Å². The Morgan fingerprint density at radius 1 is 0.963 bits per heavy atom. The molecule has 2 saturated heterocycles. The van der Waals surface area contributed by atoms with Gasteiger partial charge in [0.1, 0.15) is 0 Å². The minimum absolute atomic E-state index is 0.122. The Bertz CT molecular complexity index is 831. The molecule has 0 N–H and O–H groups in total. The third-order valence-corrected chi connectivity index (χ3v) is 5.88. The summed E-state index contributed by atoms with van der Waals surface area (Å²) < 4.78 is 0. The van der Waals surface area contributed by atoms with Crippen molar-refractivity contribution in [2.75, 3.05) is 18.0 Å². The van der Waals surface area contributed by atoms with Crippen LogP contribution < -0.4 is 4.90 Å². The van der Waals surface area contributed by atoms with E-state index in [9.17, 15) is 9.59 Å². The quantitative estimate of drug-likeness (QED) is 0.752. The maximum atomic E-state index is 12.9. The number of piperidine rings is 1. The Balaban J connectivity index is 1.39. The average molecular weight is 383 g/mol. The summed E-state index contributed by atoms with van der Waals surface area (Å²) in [6.45, 7) is 1.73. The zero-order valence-corrected chi connectivity index (χ0v) is 15.9. The molecule has 4 nitrogen and oxygen atoms in total. The summed E-state index contributed by atoms with van der Waals surface area (Å²) in [5, 5.41) is 0.526. The molecule has 0 aromatic heterocycles. The summed E-state index contributed by atoms with van der Waals surface area (Å²) in [5.74, 6) is 0.377. The van der Waals surface area contributed by atoms with Crippen LogP contribution >= 0.6 is 11.6 Å². The molecule has 2 heterocycles. The van der Waals surface area contributed by atoms with E-state index >= 15 is 0 Å². The lowest BCUT2D eigenvalue weighted by Gasteiger charge is -2.34. The van der Waals surface area contributed by atoms with Crippen molar-refractivity contribution < 1.29 is 9.59 Å². The number of hydrogen-bond acceptors (Lipinski definition) is 3. The van der Waals surface area contributed by atoms with E-state index in [0.29, 0.717) is 16.6 Å². The standard InChI is InChI=1S/C22H23ClN2O2/c23-18-7-4-8-19(14-18)25-21(26)15-20(22(25)27)24-11-9-17(10-12-24)13-16-5-2-1-3-6-16/h1-8,14,17,20H,9-13,15H2/t20-/m0/s1. The highest BCUT2D eigenvalue weighted by molar-refractivity contribution is 6.31. The van der Waals surface area contributed by atoms with Crippen molar-refractivity contribution >= 4 is 29.1 Å². The van der Waals surface area contributed by atoms with Gasteiger partial charge in [-0.1, -0.05) is 48.0 Å². The second-order valence-corrected chi connectivity index (χ2v) is 7.87. The van der Waals surface area contributed by atoms with E-state index in [2.05, 4.69) is 29.2 Å². The Labute approximate surface area is 164 Å². The van der Waals surface area contributed by atoms with Crippen LogP contribution in [-0.2, 0) is 16.0 Å². The van der Waals surface area contributed by atoms with Crippen molar-refractivity contribution in [1.82, 2.24) is 4.90 Å². The number of nitrogens with zero attached hydrogens (tertiary/aromatic N) is 2. The summed E-state index contributed by atoms with van der Waals surface area (Å²) >= 11 is 6.03. The number of carbonyl (C=O) groups is 2. The third-order valence-electron chi connectivity index (χ3n) is 5.65. The highest BCUT2D eigenvalue weighted by Crippen LogP contribution is 2.30. The monoisotopic (exact) mass is 382 g/mol. The molecule has 140 valence electrons. The van der Waals surface area contributed by atoms with Crippen molar-refractivity contribution in [2.45, 2.75) is 31.7 Å². The van der Waals surface area contributed by atoms with E-state index in [4.69, 9.17) is 11.6 Å². The van der Waals surface area contributed by atoms with Crippen LogP contribution in [0.25, 0.3) is 0 Å². The molecule has 0 bridgehead atoms. The molecule has 0 unspecified atom stereocenters. The molecule has 27 heavy (non-hydrogen) atoms. The van der Waals surface area contributed by atoms with E-state index < -0.39 is 0 Å². The molecule has 2 aliphatic rings. The first-order valence-electron chi connectivity index (χ1n) is 9.52. The van der Waals surface area contributed by atoms with Gasteiger partial charge in [-0.15, -0.1) is 0 Å². The largest absolute Gasteiger partial charge is 0.292 e. The van der Waals surface area contributed by atoms with E-state index in [1.165, 1.54) is 10.5 Å². The van der Waals surface area contributed by atoms with Gasteiger partial charge in [-0.3, -0.25) is 14.5 Å². The predicted octanol–water partition coefficient (Wildman–Crippen LogP) is 3.93. The zero-order valence-electron chi connectivity index (χ0n) is 15.2. The topological polar surface area (TPSA) is 40.6 Å². The molecule has 2 amide bonds. The Hall–Kier alpha value is -2.17. The van der Waals surface area contributed by atoms with E-state index in [1.807, 2.05) is 6.07 Å². The van der Waals surface area contributed by atoms with Crippen molar-refractivity contribution in [3.8, 4) is 0 Å². The van der Waals surface area contributed by atoms with Crippen molar-refractivity contribution in [1.29, 1.82) is 0 Å². The molecular weight excluding hydrogens is 360 g/mol. The maximum Gasteiger partial charge on any atom is 0.251 e. The number of carbonyl (C=O) groups excluding carboxylic acids is 2. The first-order valence-corrected chi connectivity index (χ1v) is 9.90. The Morgan fingerprint density at radius 3 is 2.41 bits per heavy atom. The van der Waals surface area contributed by atoms with Gasteiger partial charge >= 0.3 is 0 Å². The Kier molecular flexibility index (Phi) is 5.28. The highest BCUT2D eigenvalue weighted by Gasteiger charge is 2.43. The lowest BCUT2D eigenvalue weighted by atomic mass is 9.89. The molecular formula is C22H23ClN2O2. The van der Waals surface area contributed by atoms with Crippen LogP contribution in [-0.4, -0.2) is 35.8 Å². The van der Waals surface area contributed by atoms with Crippen LogP contribution in [0.15, 0.2) is 54.6 Å². The van der Waals surface area contributed by atoms with E-state index in [-0.39, 0.29) is 24.3 Å². The van der Waals surface area contributed by atoms with Crippen LogP contribution in [0.3, 0.4) is 0 Å². The molecule has 2 aromatic carbocycles. The number of anilines is 1. The predicted molar refractivity (Wildman–Crippen MR) is 107 cm³/mol. The third kappa shape index (κ3) is 3.92. The van der Waals surface area contributed by atoms with E-state index in [1.54, 1.807) is 24.3 Å². The van der Waals surface area contributed by atoms with Gasteiger partial charge in [-0.2, -0.15) is 0 Å². The number of halogens is 1. The van der Waals surface area contributed by atoms with E-state index in [0.717, 1.165) is 32.4 Å². The first-order chi connectivity index (χ1) is 13.1. The molecule has 0 radical (unpaired) electrons. The van der Waals surface area contributed by atoms with Crippen LogP contribution in [0.2, 0.25) is 5.02 Å². The fourth-order valence-electron chi connectivity index (χ4n) is 4.20. The minimum Gasteiger partial charge on any atom is -0.292 e. The molecule has 0 spiro atoms. The highest BCUT2D eigenvalue weighted by atomic mass is 35.5. The lowest BCUT2D eigenvalue weighted by molar-refractivity contribution is -0.123. The zero-order chi connectivity index (χ0) is 18.8. The second-order valence-electron chi connectivity index (χ2n) is 7.44. The minimum atomic E-state index is -0.339. The normalized spacial score (nSPS) is 21.8. The fraction of sp³-hybridized carbons (Fsp3) is 0.364. The molecule has 0 saturated carbocycles. The SMILES string of the molecule is O=C1C[C@H](N2CCC(Cc3ccccc3)CC2)C(=O)N1c1cccc(Cl)c1. The molecule has 0 aliphatic carbocycles. The summed E-state index contributed by atoms with van der Waals surface area (Å²) in [4.78, 5) is 28.9.